The molecular weight excluding hydrogens is 260 g/mol. The number of nitrogens with one attached hydrogen (secondary N) is 1. The lowest BCUT2D eigenvalue weighted by Crippen LogP contribution is -2.28. The largest absolute Gasteiger partial charge is 0.496 e. The molecule has 1 atom stereocenters. The molecule has 3 heteroatoms. The van der Waals surface area contributed by atoms with Crippen LogP contribution in [0.15, 0.2) is 24.3 Å². The average molecular weight is 292 g/mol. The van der Waals surface area contributed by atoms with E-state index in [1.165, 1.54) is 24.9 Å². The lowest BCUT2D eigenvalue weighted by atomic mass is 10.0. The van der Waals surface area contributed by atoms with E-state index in [0.717, 1.165) is 18.7 Å². The van der Waals surface area contributed by atoms with Crippen molar-refractivity contribution < 1.29 is 4.74 Å². The van der Waals surface area contributed by atoms with Crippen LogP contribution in [0.3, 0.4) is 0 Å². The van der Waals surface area contributed by atoms with Gasteiger partial charge < -0.3 is 15.0 Å². The number of methoxy groups -OCH3 is 1. The summed E-state index contributed by atoms with van der Waals surface area (Å²) in [5, 5.41) is 3.66. The number of nitrogens with zero attached hydrogens (tertiary/aromatic N) is 1. The number of hydrogen-bond acceptors (Lipinski definition) is 3. The van der Waals surface area contributed by atoms with Gasteiger partial charge in [-0.1, -0.05) is 25.1 Å². The Morgan fingerprint density at radius 1 is 1.19 bits per heavy atom. The summed E-state index contributed by atoms with van der Waals surface area (Å²) in [4.78, 5) is 2.40. The maximum atomic E-state index is 5.47. The highest BCUT2D eigenvalue weighted by atomic mass is 16.5. The van der Waals surface area contributed by atoms with Crippen LogP contribution in [0.25, 0.3) is 0 Å². The minimum absolute atomic E-state index is 0.379. The fourth-order valence-corrected chi connectivity index (χ4v) is 2.45. The van der Waals surface area contributed by atoms with Crippen molar-refractivity contribution in [2.45, 2.75) is 52.1 Å². The summed E-state index contributed by atoms with van der Waals surface area (Å²) in [7, 11) is 3.94. The van der Waals surface area contributed by atoms with Gasteiger partial charge in [0, 0.05) is 17.6 Å². The lowest BCUT2D eigenvalue weighted by molar-refractivity contribution is 0.267. The summed E-state index contributed by atoms with van der Waals surface area (Å²) in [6.07, 6.45) is 3.53. The van der Waals surface area contributed by atoms with E-state index in [4.69, 9.17) is 4.74 Å². The summed E-state index contributed by atoms with van der Waals surface area (Å²) in [6, 6.07) is 9.32. The van der Waals surface area contributed by atoms with Crippen LogP contribution in [0.2, 0.25) is 0 Å². The maximum Gasteiger partial charge on any atom is 0.123 e. The van der Waals surface area contributed by atoms with Crippen LogP contribution in [-0.2, 0) is 0 Å². The van der Waals surface area contributed by atoms with E-state index >= 15 is 0 Å². The Hall–Kier alpha value is -1.06. The third-order valence-electron chi connectivity index (χ3n) is 4.13. The Kier molecular flexibility index (Phi) is 8.40. The summed E-state index contributed by atoms with van der Waals surface area (Å²) in [5.41, 5.74) is 1.27. The van der Waals surface area contributed by atoms with E-state index in [-0.39, 0.29) is 0 Å². The maximum absolute atomic E-state index is 5.47. The molecule has 0 bridgehead atoms. The van der Waals surface area contributed by atoms with Gasteiger partial charge in [-0.25, -0.2) is 0 Å². The van der Waals surface area contributed by atoms with Crippen LogP contribution in [-0.4, -0.2) is 38.2 Å². The van der Waals surface area contributed by atoms with E-state index in [9.17, 15) is 0 Å². The molecule has 0 aromatic heterocycles. The normalized spacial score (nSPS) is 12.9. The van der Waals surface area contributed by atoms with Crippen molar-refractivity contribution in [1.29, 1.82) is 0 Å². The summed E-state index contributed by atoms with van der Waals surface area (Å²) in [5.74, 6) is 0.983. The molecule has 21 heavy (non-hydrogen) atoms. The second-order valence-corrected chi connectivity index (χ2v) is 5.94. The quantitative estimate of drug-likeness (QED) is 0.663. The van der Waals surface area contributed by atoms with Crippen molar-refractivity contribution in [2.24, 2.45) is 0 Å². The number of unbranched alkanes of at least 4 members (excludes halogenated alkanes) is 1. The molecule has 120 valence electrons. The van der Waals surface area contributed by atoms with E-state index < -0.39 is 0 Å². The minimum Gasteiger partial charge on any atom is -0.496 e. The Balaban J connectivity index is 2.38. The molecule has 1 N–H and O–H groups in total. The van der Waals surface area contributed by atoms with Gasteiger partial charge >= 0.3 is 0 Å². The van der Waals surface area contributed by atoms with Crippen molar-refractivity contribution in [3.05, 3.63) is 29.8 Å². The van der Waals surface area contributed by atoms with Crippen molar-refractivity contribution >= 4 is 0 Å². The molecule has 0 heterocycles. The molecule has 0 spiro atoms. The number of ether oxygens (including phenoxy) is 1. The first kappa shape index (κ1) is 18.0. The molecule has 1 rings (SSSR count). The zero-order valence-electron chi connectivity index (χ0n) is 14.4. The van der Waals surface area contributed by atoms with Crippen LogP contribution in [0, 0.1) is 0 Å². The van der Waals surface area contributed by atoms with Crippen molar-refractivity contribution in [3.63, 3.8) is 0 Å². The summed E-state index contributed by atoms with van der Waals surface area (Å²) >= 11 is 0. The molecule has 0 aliphatic carbocycles. The van der Waals surface area contributed by atoms with Crippen LogP contribution in [0.5, 0.6) is 5.75 Å². The molecular formula is C18H32N2O. The van der Waals surface area contributed by atoms with Gasteiger partial charge in [0.05, 0.1) is 7.11 Å². The van der Waals surface area contributed by atoms with Gasteiger partial charge in [0.25, 0.3) is 0 Å². The molecule has 0 radical (unpaired) electrons. The lowest BCUT2D eigenvalue weighted by Gasteiger charge is -2.22. The zero-order valence-corrected chi connectivity index (χ0v) is 14.4. The van der Waals surface area contributed by atoms with Crippen molar-refractivity contribution in [1.82, 2.24) is 10.2 Å². The molecule has 3 nitrogen and oxygen atoms in total. The molecule has 0 fully saturated rings. The Bertz CT molecular complexity index is 393. The molecule has 0 aliphatic rings. The van der Waals surface area contributed by atoms with Gasteiger partial charge in [-0.3, -0.25) is 0 Å². The molecule has 0 saturated carbocycles. The highest BCUT2D eigenvalue weighted by Crippen LogP contribution is 2.26. The monoisotopic (exact) mass is 292 g/mol. The van der Waals surface area contributed by atoms with Gasteiger partial charge in [0.1, 0.15) is 5.75 Å². The molecule has 0 saturated heterocycles. The topological polar surface area (TPSA) is 24.5 Å². The first-order valence-corrected chi connectivity index (χ1v) is 8.16. The number of benzene rings is 1. The van der Waals surface area contributed by atoms with Gasteiger partial charge in [0.2, 0.25) is 0 Å². The van der Waals surface area contributed by atoms with Gasteiger partial charge in [-0.2, -0.15) is 0 Å². The first-order chi connectivity index (χ1) is 10.1. The van der Waals surface area contributed by atoms with Gasteiger partial charge in [-0.05, 0) is 59.3 Å². The third kappa shape index (κ3) is 6.06. The molecule has 1 aromatic rings. The number of para-hydroxylation sites is 1. The SMILES string of the molecule is CCC(NCCCCN(C)C(C)C)c1ccccc1OC. The van der Waals surface area contributed by atoms with Gasteiger partial charge in [-0.15, -0.1) is 0 Å². The Labute approximate surface area is 130 Å². The van der Waals surface area contributed by atoms with Crippen molar-refractivity contribution in [2.75, 3.05) is 27.2 Å². The highest BCUT2D eigenvalue weighted by Gasteiger charge is 2.12. The predicted octanol–water partition coefficient (Wildman–Crippen LogP) is 3.86. The minimum atomic E-state index is 0.379. The summed E-state index contributed by atoms with van der Waals surface area (Å²) in [6.45, 7) is 8.93. The zero-order chi connectivity index (χ0) is 15.7. The standard InChI is InChI=1S/C18H32N2O/c1-6-17(16-11-7-8-12-18(16)21-5)19-13-9-10-14-20(4)15(2)3/h7-8,11-12,15,17,19H,6,9-10,13-14H2,1-5H3. The Morgan fingerprint density at radius 2 is 1.90 bits per heavy atom. The van der Waals surface area contributed by atoms with Gasteiger partial charge in [0.15, 0.2) is 0 Å². The second kappa shape index (κ2) is 9.80. The molecule has 0 amide bonds. The van der Waals surface area contributed by atoms with Crippen LogP contribution in [0.4, 0.5) is 0 Å². The average Bonchev–Trinajstić information content (AvgIpc) is 2.50. The number of hydrogen-bond donors (Lipinski definition) is 1. The van der Waals surface area contributed by atoms with E-state index in [1.54, 1.807) is 7.11 Å². The smallest absolute Gasteiger partial charge is 0.123 e. The fourth-order valence-electron chi connectivity index (χ4n) is 2.45. The van der Waals surface area contributed by atoms with E-state index in [1.807, 2.05) is 12.1 Å². The van der Waals surface area contributed by atoms with Crippen LogP contribution < -0.4 is 10.1 Å². The number of rotatable bonds is 10. The Morgan fingerprint density at radius 3 is 2.52 bits per heavy atom. The fraction of sp³-hybridized carbons (Fsp3) is 0.667. The molecule has 0 aliphatic heterocycles. The van der Waals surface area contributed by atoms with Crippen LogP contribution in [0.1, 0.15) is 51.6 Å². The molecule has 1 aromatic carbocycles. The van der Waals surface area contributed by atoms with Crippen LogP contribution >= 0.6 is 0 Å². The molecule has 1 unspecified atom stereocenters. The summed E-state index contributed by atoms with van der Waals surface area (Å²) < 4.78 is 5.47. The first-order valence-electron chi connectivity index (χ1n) is 8.16. The second-order valence-electron chi connectivity index (χ2n) is 5.94. The third-order valence-corrected chi connectivity index (χ3v) is 4.13. The van der Waals surface area contributed by atoms with E-state index in [2.05, 4.69) is 50.2 Å². The van der Waals surface area contributed by atoms with E-state index in [0.29, 0.717) is 12.1 Å². The predicted molar refractivity (Wildman–Crippen MR) is 91.0 cm³/mol. The van der Waals surface area contributed by atoms with Crippen molar-refractivity contribution in [3.8, 4) is 5.75 Å². The highest BCUT2D eigenvalue weighted by molar-refractivity contribution is 5.35.